The molecule has 0 aliphatic rings. The quantitative estimate of drug-likeness (QED) is 0.276. The van der Waals surface area contributed by atoms with Crippen LogP contribution in [0, 0.1) is 0 Å². The number of aliphatic carboxylic acids is 1. The van der Waals surface area contributed by atoms with Gasteiger partial charge in [0.05, 0.1) is 0 Å². The standard InChI is InChI=1S/C14H19N5O4/c15-9-5-4-8-11(13(20)21)17-14(22)23-12(18-19-16)10-6-2-1-3-7-10/h1-3,6-7,11-12H,4-5,8-9,15H2,(H,17,22)(H,20,21). The zero-order valence-electron chi connectivity index (χ0n) is 12.5. The first-order chi connectivity index (χ1) is 11.1. The molecule has 23 heavy (non-hydrogen) atoms. The lowest BCUT2D eigenvalue weighted by molar-refractivity contribution is -0.139. The average Bonchev–Trinajstić information content (AvgIpc) is 2.54. The predicted octanol–water partition coefficient (Wildman–Crippen LogP) is 2.30. The number of carbonyl (C=O) groups excluding carboxylic acids is 1. The van der Waals surface area contributed by atoms with E-state index in [1.54, 1.807) is 30.3 Å². The Morgan fingerprint density at radius 2 is 2.04 bits per heavy atom. The molecular weight excluding hydrogens is 302 g/mol. The van der Waals surface area contributed by atoms with Gasteiger partial charge in [-0.1, -0.05) is 30.3 Å². The van der Waals surface area contributed by atoms with Crippen LogP contribution < -0.4 is 11.1 Å². The van der Waals surface area contributed by atoms with Gasteiger partial charge in [0.25, 0.3) is 0 Å². The van der Waals surface area contributed by atoms with Gasteiger partial charge in [0.15, 0.2) is 0 Å². The van der Waals surface area contributed by atoms with E-state index in [4.69, 9.17) is 21.1 Å². The van der Waals surface area contributed by atoms with Gasteiger partial charge in [-0.05, 0) is 42.0 Å². The average molecular weight is 321 g/mol. The van der Waals surface area contributed by atoms with E-state index < -0.39 is 24.3 Å². The van der Waals surface area contributed by atoms with Crippen molar-refractivity contribution in [3.8, 4) is 0 Å². The molecule has 4 N–H and O–H groups in total. The predicted molar refractivity (Wildman–Crippen MR) is 82.3 cm³/mol. The first-order valence-corrected chi connectivity index (χ1v) is 7.07. The van der Waals surface area contributed by atoms with Crippen molar-refractivity contribution in [1.29, 1.82) is 0 Å². The number of unbranched alkanes of at least 4 members (excludes halogenated alkanes) is 1. The van der Waals surface area contributed by atoms with Gasteiger partial charge in [-0.15, -0.1) is 0 Å². The summed E-state index contributed by atoms with van der Waals surface area (Å²) in [6.07, 6.45) is -0.678. The molecule has 9 nitrogen and oxygen atoms in total. The van der Waals surface area contributed by atoms with Crippen LogP contribution >= 0.6 is 0 Å². The number of carboxylic acids is 1. The van der Waals surface area contributed by atoms with E-state index >= 15 is 0 Å². The molecule has 0 saturated heterocycles. The van der Waals surface area contributed by atoms with Crippen molar-refractivity contribution in [2.24, 2.45) is 10.8 Å². The summed E-state index contributed by atoms with van der Waals surface area (Å²) in [6.45, 7) is 0.448. The maximum absolute atomic E-state index is 11.8. The largest absolute Gasteiger partial charge is 0.480 e. The third-order valence-corrected chi connectivity index (χ3v) is 3.00. The lowest BCUT2D eigenvalue weighted by atomic mass is 10.1. The lowest BCUT2D eigenvalue weighted by Crippen LogP contribution is -2.41. The summed E-state index contributed by atoms with van der Waals surface area (Å²) >= 11 is 0. The molecule has 9 heteroatoms. The molecule has 0 bridgehead atoms. The van der Waals surface area contributed by atoms with Crippen LogP contribution in [0.1, 0.15) is 31.1 Å². The SMILES string of the molecule is [N-]=[N+]=NC(OC(=O)NC(CCCCN)C(=O)O)c1ccccc1. The maximum Gasteiger partial charge on any atom is 0.408 e. The van der Waals surface area contributed by atoms with Crippen molar-refractivity contribution in [3.05, 3.63) is 46.3 Å². The summed E-state index contributed by atoms with van der Waals surface area (Å²) in [5.74, 6) is -1.17. The van der Waals surface area contributed by atoms with Crippen LogP contribution in [0.5, 0.6) is 0 Å². The number of rotatable bonds is 9. The van der Waals surface area contributed by atoms with Crippen LogP contribution in [0.25, 0.3) is 10.4 Å². The van der Waals surface area contributed by atoms with E-state index in [0.717, 1.165) is 0 Å². The Labute approximate surface area is 133 Å². The van der Waals surface area contributed by atoms with Crippen molar-refractivity contribution in [3.63, 3.8) is 0 Å². The van der Waals surface area contributed by atoms with Crippen LogP contribution in [0.15, 0.2) is 35.4 Å². The number of azide groups is 1. The summed E-state index contributed by atoms with van der Waals surface area (Å²) in [6, 6.07) is 7.32. The summed E-state index contributed by atoms with van der Waals surface area (Å²) in [5.41, 5.74) is 14.4. The van der Waals surface area contributed by atoms with Crippen molar-refractivity contribution >= 4 is 12.1 Å². The Kier molecular flexibility index (Phi) is 7.98. The molecular formula is C14H19N5O4. The molecule has 1 aromatic carbocycles. The van der Waals surface area contributed by atoms with Crippen LogP contribution in [-0.4, -0.2) is 29.8 Å². The minimum atomic E-state index is -1.17. The van der Waals surface area contributed by atoms with Gasteiger partial charge in [-0.3, -0.25) is 0 Å². The molecule has 0 aliphatic carbocycles. The van der Waals surface area contributed by atoms with E-state index in [2.05, 4.69) is 15.3 Å². The molecule has 124 valence electrons. The fraction of sp³-hybridized carbons (Fsp3) is 0.429. The first-order valence-electron chi connectivity index (χ1n) is 7.07. The van der Waals surface area contributed by atoms with E-state index in [1.807, 2.05) is 0 Å². The second-order valence-corrected chi connectivity index (χ2v) is 4.69. The fourth-order valence-electron chi connectivity index (χ4n) is 1.85. The Morgan fingerprint density at radius 3 is 2.61 bits per heavy atom. The number of amides is 1. The summed E-state index contributed by atoms with van der Waals surface area (Å²) in [5, 5.41) is 14.7. The number of hydrogen-bond acceptors (Lipinski definition) is 5. The van der Waals surface area contributed by atoms with E-state index in [9.17, 15) is 9.59 Å². The zero-order chi connectivity index (χ0) is 17.1. The molecule has 1 rings (SSSR count). The molecule has 1 amide bonds. The van der Waals surface area contributed by atoms with Crippen LogP contribution in [0.3, 0.4) is 0 Å². The van der Waals surface area contributed by atoms with Gasteiger partial charge < -0.3 is 20.9 Å². The zero-order valence-corrected chi connectivity index (χ0v) is 12.5. The molecule has 1 aromatic rings. The summed E-state index contributed by atoms with van der Waals surface area (Å²) in [4.78, 5) is 25.6. The number of hydrogen-bond donors (Lipinski definition) is 3. The van der Waals surface area contributed by atoms with Gasteiger partial charge in [-0.25, -0.2) is 9.59 Å². The van der Waals surface area contributed by atoms with Crippen molar-refractivity contribution < 1.29 is 19.4 Å². The number of nitrogens with two attached hydrogens (primary N) is 1. The molecule has 0 saturated carbocycles. The monoisotopic (exact) mass is 321 g/mol. The highest BCUT2D eigenvalue weighted by atomic mass is 16.6. The Bertz CT molecular complexity index is 560. The molecule has 0 heterocycles. The lowest BCUT2D eigenvalue weighted by Gasteiger charge is -2.17. The second-order valence-electron chi connectivity index (χ2n) is 4.69. The Hall–Kier alpha value is -2.77. The van der Waals surface area contributed by atoms with Crippen molar-refractivity contribution in [1.82, 2.24) is 5.32 Å². The highest BCUT2D eigenvalue weighted by molar-refractivity contribution is 5.79. The van der Waals surface area contributed by atoms with E-state index in [1.165, 1.54) is 0 Å². The topological polar surface area (TPSA) is 150 Å². The van der Waals surface area contributed by atoms with Crippen molar-refractivity contribution in [2.75, 3.05) is 6.54 Å². The number of alkyl carbamates (subject to hydrolysis) is 1. The van der Waals surface area contributed by atoms with Gasteiger partial charge in [0.2, 0.25) is 6.23 Å². The second kappa shape index (κ2) is 10.0. The number of ether oxygens (including phenoxy) is 1. The van der Waals surface area contributed by atoms with Crippen LogP contribution in [0.2, 0.25) is 0 Å². The molecule has 0 spiro atoms. The summed E-state index contributed by atoms with van der Waals surface area (Å²) in [7, 11) is 0. The van der Waals surface area contributed by atoms with Crippen molar-refractivity contribution in [2.45, 2.75) is 31.5 Å². The Balaban J connectivity index is 2.67. The fourth-order valence-corrected chi connectivity index (χ4v) is 1.85. The number of carbonyl (C=O) groups is 2. The minimum Gasteiger partial charge on any atom is -0.480 e. The molecule has 0 fully saturated rings. The molecule has 0 aromatic heterocycles. The number of benzene rings is 1. The third-order valence-electron chi connectivity index (χ3n) is 3.00. The normalized spacial score (nSPS) is 12.6. The number of nitrogens with one attached hydrogen (secondary N) is 1. The maximum atomic E-state index is 11.8. The third kappa shape index (κ3) is 6.68. The number of carboxylic acid groups (broad SMARTS) is 1. The molecule has 0 radical (unpaired) electrons. The van der Waals surface area contributed by atoms with Crippen LogP contribution in [-0.2, 0) is 9.53 Å². The molecule has 0 aliphatic heterocycles. The van der Waals surface area contributed by atoms with E-state index in [0.29, 0.717) is 24.9 Å². The van der Waals surface area contributed by atoms with Gasteiger partial charge in [0.1, 0.15) is 6.04 Å². The highest BCUT2D eigenvalue weighted by Crippen LogP contribution is 2.19. The van der Waals surface area contributed by atoms with Gasteiger partial charge >= 0.3 is 12.1 Å². The Morgan fingerprint density at radius 1 is 1.35 bits per heavy atom. The number of nitrogens with zero attached hydrogens (tertiary/aromatic N) is 3. The molecule has 2 unspecified atom stereocenters. The summed E-state index contributed by atoms with van der Waals surface area (Å²) < 4.78 is 5.01. The first kappa shape index (κ1) is 18.3. The van der Waals surface area contributed by atoms with Gasteiger partial charge in [-0.2, -0.15) is 0 Å². The van der Waals surface area contributed by atoms with Gasteiger partial charge in [0, 0.05) is 4.91 Å². The highest BCUT2D eigenvalue weighted by Gasteiger charge is 2.22. The minimum absolute atomic E-state index is 0.235. The smallest absolute Gasteiger partial charge is 0.408 e. The van der Waals surface area contributed by atoms with E-state index in [-0.39, 0.29) is 6.42 Å². The molecule has 2 atom stereocenters. The van der Waals surface area contributed by atoms with Crippen LogP contribution in [0.4, 0.5) is 4.79 Å².